The number of imidazole rings is 1. The number of hydrogen-bond donors (Lipinski definition) is 0. The standard InChI is InChI=1S/C14H17Cl2N3O/c1-8(15)12-18-11-6-10(16)7-17-13(11)19(12)14(3)4-5-20-9(14)2/h6-9H,4-5H2,1-3H3. The highest BCUT2D eigenvalue weighted by Gasteiger charge is 2.42. The van der Waals surface area contributed by atoms with Gasteiger partial charge in [-0.3, -0.25) is 0 Å². The van der Waals surface area contributed by atoms with E-state index in [0.717, 1.165) is 30.0 Å². The maximum Gasteiger partial charge on any atom is 0.160 e. The minimum atomic E-state index is -0.201. The van der Waals surface area contributed by atoms with Gasteiger partial charge in [0.15, 0.2) is 5.65 Å². The number of nitrogens with zero attached hydrogens (tertiary/aromatic N) is 3. The second-order valence-electron chi connectivity index (χ2n) is 5.54. The van der Waals surface area contributed by atoms with Gasteiger partial charge in [0, 0.05) is 12.8 Å². The van der Waals surface area contributed by atoms with Crippen LogP contribution in [0, 0.1) is 0 Å². The Labute approximate surface area is 128 Å². The Morgan fingerprint density at radius 2 is 2.30 bits per heavy atom. The molecule has 3 heterocycles. The van der Waals surface area contributed by atoms with E-state index in [1.54, 1.807) is 6.20 Å². The molecular weight excluding hydrogens is 297 g/mol. The molecule has 0 aliphatic carbocycles. The zero-order valence-electron chi connectivity index (χ0n) is 11.7. The van der Waals surface area contributed by atoms with Crippen LogP contribution in [0.2, 0.25) is 5.02 Å². The maximum atomic E-state index is 6.32. The predicted molar refractivity (Wildman–Crippen MR) is 80.5 cm³/mol. The largest absolute Gasteiger partial charge is 0.376 e. The third kappa shape index (κ3) is 2.01. The average Bonchev–Trinajstić information content (AvgIpc) is 2.91. The molecule has 0 saturated carbocycles. The Morgan fingerprint density at radius 1 is 1.55 bits per heavy atom. The summed E-state index contributed by atoms with van der Waals surface area (Å²) in [4.78, 5) is 9.09. The summed E-state index contributed by atoms with van der Waals surface area (Å²) in [6.45, 7) is 6.91. The lowest BCUT2D eigenvalue weighted by Gasteiger charge is -2.31. The quantitative estimate of drug-likeness (QED) is 0.789. The summed E-state index contributed by atoms with van der Waals surface area (Å²) in [5, 5.41) is 0.379. The third-order valence-corrected chi connectivity index (χ3v) is 4.61. The summed E-state index contributed by atoms with van der Waals surface area (Å²) in [5.41, 5.74) is 1.41. The van der Waals surface area contributed by atoms with Crippen LogP contribution >= 0.6 is 23.2 Å². The van der Waals surface area contributed by atoms with Crippen molar-refractivity contribution >= 4 is 34.4 Å². The molecule has 0 bridgehead atoms. The molecule has 2 aromatic rings. The number of pyridine rings is 1. The van der Waals surface area contributed by atoms with Crippen molar-refractivity contribution in [2.24, 2.45) is 0 Å². The fraction of sp³-hybridized carbons (Fsp3) is 0.571. The first kappa shape index (κ1) is 14.1. The third-order valence-electron chi connectivity index (χ3n) is 4.21. The summed E-state index contributed by atoms with van der Waals surface area (Å²) in [5.74, 6) is 0.816. The molecule has 4 nitrogen and oxygen atoms in total. The lowest BCUT2D eigenvalue weighted by atomic mass is 9.94. The van der Waals surface area contributed by atoms with Gasteiger partial charge in [0.2, 0.25) is 0 Å². The number of aromatic nitrogens is 3. The van der Waals surface area contributed by atoms with Gasteiger partial charge in [-0.05, 0) is 33.3 Å². The van der Waals surface area contributed by atoms with Gasteiger partial charge in [0.25, 0.3) is 0 Å². The second-order valence-corrected chi connectivity index (χ2v) is 6.63. The molecular formula is C14H17Cl2N3O. The molecule has 0 spiro atoms. The first-order valence-electron chi connectivity index (χ1n) is 6.73. The van der Waals surface area contributed by atoms with E-state index in [1.807, 2.05) is 13.0 Å². The Kier molecular flexibility index (Phi) is 3.43. The van der Waals surface area contributed by atoms with Gasteiger partial charge < -0.3 is 9.30 Å². The number of ether oxygens (including phenoxy) is 1. The lowest BCUT2D eigenvalue weighted by Crippen LogP contribution is -2.38. The van der Waals surface area contributed by atoms with Crippen molar-refractivity contribution in [1.82, 2.24) is 14.5 Å². The predicted octanol–water partition coefficient (Wildman–Crippen LogP) is 3.91. The number of hydrogen-bond acceptors (Lipinski definition) is 3. The highest BCUT2D eigenvalue weighted by Crippen LogP contribution is 2.39. The van der Waals surface area contributed by atoms with Crippen molar-refractivity contribution in [2.75, 3.05) is 6.61 Å². The minimum absolute atomic E-state index is 0.0894. The summed E-state index contributed by atoms with van der Waals surface area (Å²) in [7, 11) is 0. The fourth-order valence-electron chi connectivity index (χ4n) is 2.85. The van der Waals surface area contributed by atoms with Crippen molar-refractivity contribution in [3.05, 3.63) is 23.1 Å². The Morgan fingerprint density at radius 3 is 2.90 bits per heavy atom. The Bertz CT molecular complexity index is 655. The molecule has 0 aromatic carbocycles. The van der Waals surface area contributed by atoms with Gasteiger partial charge in [-0.1, -0.05) is 11.6 Å². The van der Waals surface area contributed by atoms with Crippen LogP contribution in [0.1, 0.15) is 38.4 Å². The number of alkyl halides is 1. The van der Waals surface area contributed by atoms with Crippen molar-refractivity contribution in [3.8, 4) is 0 Å². The summed E-state index contributed by atoms with van der Waals surface area (Å²) in [6, 6.07) is 1.83. The fourth-order valence-corrected chi connectivity index (χ4v) is 3.15. The van der Waals surface area contributed by atoms with Crippen LogP contribution in [-0.2, 0) is 10.3 Å². The van der Waals surface area contributed by atoms with Gasteiger partial charge >= 0.3 is 0 Å². The maximum absolute atomic E-state index is 6.32. The molecule has 0 radical (unpaired) electrons. The SMILES string of the molecule is CC(Cl)c1nc2cc(Cl)cnc2n1C1(C)CCOC1C. The number of halogens is 2. The zero-order valence-corrected chi connectivity index (χ0v) is 13.2. The van der Waals surface area contributed by atoms with Crippen LogP contribution in [0.15, 0.2) is 12.3 Å². The molecule has 1 aliphatic rings. The second kappa shape index (κ2) is 4.86. The molecule has 3 rings (SSSR count). The average molecular weight is 314 g/mol. The van der Waals surface area contributed by atoms with Gasteiger partial charge in [-0.25, -0.2) is 9.97 Å². The van der Waals surface area contributed by atoms with Gasteiger partial charge in [-0.15, -0.1) is 11.6 Å². The summed E-state index contributed by atoms with van der Waals surface area (Å²) >= 11 is 12.3. The smallest absolute Gasteiger partial charge is 0.160 e. The van der Waals surface area contributed by atoms with Crippen molar-refractivity contribution in [3.63, 3.8) is 0 Å². The molecule has 2 aromatic heterocycles. The molecule has 1 aliphatic heterocycles. The molecule has 3 atom stereocenters. The van der Waals surface area contributed by atoms with E-state index in [4.69, 9.17) is 27.9 Å². The van der Waals surface area contributed by atoms with Gasteiger partial charge in [-0.2, -0.15) is 0 Å². The monoisotopic (exact) mass is 313 g/mol. The molecule has 0 N–H and O–H groups in total. The molecule has 20 heavy (non-hydrogen) atoms. The van der Waals surface area contributed by atoms with E-state index in [0.29, 0.717) is 5.02 Å². The Hall–Kier alpha value is -0.840. The van der Waals surface area contributed by atoms with Crippen molar-refractivity contribution < 1.29 is 4.74 Å². The minimum Gasteiger partial charge on any atom is -0.376 e. The first-order chi connectivity index (χ1) is 9.43. The van der Waals surface area contributed by atoms with Crippen LogP contribution in [0.3, 0.4) is 0 Å². The van der Waals surface area contributed by atoms with Crippen LogP contribution < -0.4 is 0 Å². The normalized spacial score (nSPS) is 28.1. The Balaban J connectivity index is 2.29. The highest BCUT2D eigenvalue weighted by atomic mass is 35.5. The van der Waals surface area contributed by atoms with Crippen LogP contribution in [0.4, 0.5) is 0 Å². The van der Waals surface area contributed by atoms with Crippen molar-refractivity contribution in [1.29, 1.82) is 0 Å². The van der Waals surface area contributed by atoms with E-state index in [9.17, 15) is 0 Å². The lowest BCUT2D eigenvalue weighted by molar-refractivity contribution is 0.0761. The van der Waals surface area contributed by atoms with E-state index in [1.165, 1.54) is 0 Å². The molecule has 108 valence electrons. The first-order valence-corrected chi connectivity index (χ1v) is 7.55. The highest BCUT2D eigenvalue weighted by molar-refractivity contribution is 6.31. The zero-order chi connectivity index (χ0) is 14.5. The van der Waals surface area contributed by atoms with E-state index in [-0.39, 0.29) is 17.0 Å². The van der Waals surface area contributed by atoms with Crippen LogP contribution in [0.25, 0.3) is 11.2 Å². The van der Waals surface area contributed by atoms with E-state index in [2.05, 4.69) is 28.4 Å². The van der Waals surface area contributed by atoms with Gasteiger partial charge in [0.05, 0.1) is 22.0 Å². The molecule has 0 amide bonds. The van der Waals surface area contributed by atoms with Crippen LogP contribution in [0.5, 0.6) is 0 Å². The molecule has 1 saturated heterocycles. The summed E-state index contributed by atoms with van der Waals surface area (Å²) in [6.07, 6.45) is 2.65. The van der Waals surface area contributed by atoms with Crippen molar-refractivity contribution in [2.45, 2.75) is 44.2 Å². The van der Waals surface area contributed by atoms with Gasteiger partial charge in [0.1, 0.15) is 11.3 Å². The topological polar surface area (TPSA) is 39.9 Å². The molecule has 6 heteroatoms. The van der Waals surface area contributed by atoms with E-state index >= 15 is 0 Å². The number of fused-ring (bicyclic) bond motifs is 1. The molecule has 3 unspecified atom stereocenters. The summed E-state index contributed by atoms with van der Waals surface area (Å²) < 4.78 is 7.89. The molecule has 1 fully saturated rings. The van der Waals surface area contributed by atoms with Crippen LogP contribution in [-0.4, -0.2) is 27.2 Å². The number of rotatable bonds is 2. The van der Waals surface area contributed by atoms with E-state index < -0.39 is 0 Å².